The SMILES string of the molecule is CN(C)c1ccc(C(=O)N(C)[C@@H](Cc2ccccc2)C(=O)N[C@@H]2CCCCNC2=O)cc1. The Morgan fingerprint density at radius 3 is 2.38 bits per heavy atom. The average molecular weight is 437 g/mol. The van der Waals surface area contributed by atoms with Crippen molar-refractivity contribution in [3.05, 3.63) is 65.7 Å². The van der Waals surface area contributed by atoms with Gasteiger partial charge in [0.15, 0.2) is 0 Å². The molecule has 2 aromatic rings. The van der Waals surface area contributed by atoms with Crippen molar-refractivity contribution in [1.29, 1.82) is 0 Å². The van der Waals surface area contributed by atoms with E-state index in [0.717, 1.165) is 24.1 Å². The van der Waals surface area contributed by atoms with Crippen LogP contribution in [0.1, 0.15) is 35.2 Å². The molecule has 1 aliphatic rings. The van der Waals surface area contributed by atoms with Crippen LogP contribution in [0.5, 0.6) is 0 Å². The quantitative estimate of drug-likeness (QED) is 0.697. The zero-order chi connectivity index (χ0) is 23.1. The van der Waals surface area contributed by atoms with Gasteiger partial charge in [-0.1, -0.05) is 30.3 Å². The predicted octanol–water partition coefficient (Wildman–Crippen LogP) is 2.22. The number of hydrogen-bond acceptors (Lipinski definition) is 4. The van der Waals surface area contributed by atoms with E-state index in [1.165, 1.54) is 4.90 Å². The van der Waals surface area contributed by atoms with Crippen molar-refractivity contribution < 1.29 is 14.4 Å². The van der Waals surface area contributed by atoms with Gasteiger partial charge >= 0.3 is 0 Å². The van der Waals surface area contributed by atoms with E-state index in [0.29, 0.717) is 24.9 Å². The Bertz CT molecular complexity index is 928. The van der Waals surface area contributed by atoms with Crippen LogP contribution in [-0.2, 0) is 16.0 Å². The molecule has 2 N–H and O–H groups in total. The molecule has 0 saturated carbocycles. The third kappa shape index (κ3) is 5.87. The molecule has 0 spiro atoms. The van der Waals surface area contributed by atoms with Crippen molar-refractivity contribution >= 4 is 23.4 Å². The van der Waals surface area contributed by atoms with Crippen molar-refractivity contribution in [2.45, 2.75) is 37.8 Å². The van der Waals surface area contributed by atoms with Crippen molar-refractivity contribution in [3.63, 3.8) is 0 Å². The van der Waals surface area contributed by atoms with E-state index in [1.54, 1.807) is 19.2 Å². The lowest BCUT2D eigenvalue weighted by atomic mass is 10.0. The van der Waals surface area contributed by atoms with Crippen LogP contribution in [-0.4, -0.2) is 62.4 Å². The highest BCUT2D eigenvalue weighted by Gasteiger charge is 2.31. The minimum absolute atomic E-state index is 0.164. The third-order valence-electron chi connectivity index (χ3n) is 5.84. The maximum absolute atomic E-state index is 13.3. The number of hydrogen-bond donors (Lipinski definition) is 2. The second-order valence-electron chi connectivity index (χ2n) is 8.41. The second kappa shape index (κ2) is 10.8. The summed E-state index contributed by atoms with van der Waals surface area (Å²) in [6.07, 6.45) is 2.71. The zero-order valence-electron chi connectivity index (χ0n) is 19.0. The highest BCUT2D eigenvalue weighted by atomic mass is 16.2. The number of nitrogens with zero attached hydrogens (tertiary/aromatic N) is 2. The summed E-state index contributed by atoms with van der Waals surface area (Å²) >= 11 is 0. The lowest BCUT2D eigenvalue weighted by Crippen LogP contribution is -2.54. The first kappa shape index (κ1) is 23.3. The Kier molecular flexibility index (Phi) is 7.87. The number of nitrogens with one attached hydrogen (secondary N) is 2. The third-order valence-corrected chi connectivity index (χ3v) is 5.84. The Balaban J connectivity index is 1.81. The molecule has 0 aliphatic carbocycles. The molecule has 0 radical (unpaired) electrons. The van der Waals surface area contributed by atoms with Gasteiger partial charge in [0.05, 0.1) is 0 Å². The maximum Gasteiger partial charge on any atom is 0.254 e. The highest BCUT2D eigenvalue weighted by Crippen LogP contribution is 2.17. The molecule has 0 bridgehead atoms. The topological polar surface area (TPSA) is 81.8 Å². The van der Waals surface area contributed by atoms with Crippen LogP contribution in [0.4, 0.5) is 5.69 Å². The fourth-order valence-electron chi connectivity index (χ4n) is 3.84. The van der Waals surface area contributed by atoms with E-state index in [4.69, 9.17) is 0 Å². The first-order chi connectivity index (χ1) is 15.4. The molecule has 1 heterocycles. The molecular weight excluding hydrogens is 404 g/mol. The molecule has 170 valence electrons. The Morgan fingerprint density at radius 1 is 1.03 bits per heavy atom. The van der Waals surface area contributed by atoms with Crippen LogP contribution in [0.25, 0.3) is 0 Å². The van der Waals surface area contributed by atoms with Gasteiger partial charge in [-0.15, -0.1) is 0 Å². The predicted molar refractivity (Wildman–Crippen MR) is 126 cm³/mol. The Morgan fingerprint density at radius 2 is 1.72 bits per heavy atom. The van der Waals surface area contributed by atoms with Gasteiger partial charge in [0, 0.05) is 45.4 Å². The van der Waals surface area contributed by atoms with Crippen LogP contribution in [0, 0.1) is 0 Å². The normalized spacial score (nSPS) is 17.0. The molecule has 3 amide bonds. The summed E-state index contributed by atoms with van der Waals surface area (Å²) in [4.78, 5) is 42.3. The molecule has 0 aromatic heterocycles. The first-order valence-electron chi connectivity index (χ1n) is 11.0. The summed E-state index contributed by atoms with van der Waals surface area (Å²) in [5.41, 5.74) is 2.44. The van der Waals surface area contributed by atoms with Gasteiger partial charge in [-0.2, -0.15) is 0 Å². The number of carbonyl (C=O) groups is 3. The van der Waals surface area contributed by atoms with Crippen LogP contribution in [0.3, 0.4) is 0 Å². The van der Waals surface area contributed by atoms with Crippen molar-refractivity contribution in [2.75, 3.05) is 32.6 Å². The van der Waals surface area contributed by atoms with E-state index in [9.17, 15) is 14.4 Å². The van der Waals surface area contributed by atoms with Gasteiger partial charge in [-0.25, -0.2) is 0 Å². The minimum atomic E-state index is -0.741. The fourth-order valence-corrected chi connectivity index (χ4v) is 3.84. The number of rotatable bonds is 7. The first-order valence-corrected chi connectivity index (χ1v) is 11.0. The van der Waals surface area contributed by atoms with Crippen LogP contribution >= 0.6 is 0 Å². The minimum Gasteiger partial charge on any atom is -0.378 e. The van der Waals surface area contributed by atoms with Gasteiger partial charge in [0.25, 0.3) is 5.91 Å². The summed E-state index contributed by atoms with van der Waals surface area (Å²) in [7, 11) is 5.52. The number of anilines is 1. The molecule has 2 aromatic carbocycles. The molecule has 1 fully saturated rings. The van der Waals surface area contributed by atoms with Gasteiger partial charge in [0.2, 0.25) is 11.8 Å². The number of amides is 3. The molecule has 1 saturated heterocycles. The smallest absolute Gasteiger partial charge is 0.254 e. The summed E-state index contributed by atoms with van der Waals surface area (Å²) in [5, 5.41) is 5.73. The molecule has 7 nitrogen and oxygen atoms in total. The molecule has 2 atom stereocenters. The molecule has 3 rings (SSSR count). The van der Waals surface area contributed by atoms with Crippen molar-refractivity contribution in [2.24, 2.45) is 0 Å². The molecule has 1 aliphatic heterocycles. The molecular formula is C25H32N4O3. The lowest BCUT2D eigenvalue weighted by Gasteiger charge is -2.29. The average Bonchev–Trinajstić information content (AvgIpc) is 3.01. The van der Waals surface area contributed by atoms with Gasteiger partial charge in [0.1, 0.15) is 12.1 Å². The standard InChI is InChI=1S/C25H32N4O3/c1-28(2)20-14-12-19(13-15-20)25(32)29(3)22(17-18-9-5-4-6-10-18)24(31)27-21-11-7-8-16-26-23(21)30/h4-6,9-10,12-15,21-22H,7-8,11,16-17H2,1-3H3,(H,26,30)(H,27,31)/t21-,22+/m1/s1. The second-order valence-corrected chi connectivity index (χ2v) is 8.41. The largest absolute Gasteiger partial charge is 0.378 e. The van der Waals surface area contributed by atoms with Gasteiger partial charge < -0.3 is 20.4 Å². The Labute approximate surface area is 189 Å². The van der Waals surface area contributed by atoms with E-state index in [2.05, 4.69) is 10.6 Å². The van der Waals surface area contributed by atoms with Crippen molar-refractivity contribution in [3.8, 4) is 0 Å². The summed E-state index contributed by atoms with van der Waals surface area (Å²) in [6.45, 7) is 0.625. The summed E-state index contributed by atoms with van der Waals surface area (Å²) in [6, 6.07) is 15.6. The molecule has 32 heavy (non-hydrogen) atoms. The zero-order valence-corrected chi connectivity index (χ0v) is 19.0. The van der Waals surface area contributed by atoms with Crippen LogP contribution < -0.4 is 15.5 Å². The van der Waals surface area contributed by atoms with E-state index >= 15 is 0 Å². The van der Waals surface area contributed by atoms with Crippen LogP contribution in [0.2, 0.25) is 0 Å². The van der Waals surface area contributed by atoms with Gasteiger partial charge in [-0.05, 0) is 49.1 Å². The lowest BCUT2D eigenvalue weighted by molar-refractivity contribution is -0.131. The Hall–Kier alpha value is -3.35. The number of likely N-dealkylation sites (N-methyl/N-ethyl adjacent to an activating group) is 1. The van der Waals surface area contributed by atoms with Crippen molar-refractivity contribution in [1.82, 2.24) is 15.5 Å². The van der Waals surface area contributed by atoms with Gasteiger partial charge in [-0.3, -0.25) is 14.4 Å². The summed E-state index contributed by atoms with van der Waals surface area (Å²) < 4.78 is 0. The van der Waals surface area contributed by atoms with E-state index in [1.807, 2.05) is 61.5 Å². The summed E-state index contributed by atoms with van der Waals surface area (Å²) in [5.74, 6) is -0.726. The maximum atomic E-state index is 13.3. The fraction of sp³-hybridized carbons (Fsp3) is 0.400. The van der Waals surface area contributed by atoms with E-state index < -0.39 is 12.1 Å². The number of carbonyl (C=O) groups excluding carboxylic acids is 3. The van der Waals surface area contributed by atoms with Crippen LogP contribution in [0.15, 0.2) is 54.6 Å². The molecule has 0 unspecified atom stereocenters. The monoisotopic (exact) mass is 436 g/mol. The van der Waals surface area contributed by atoms with E-state index in [-0.39, 0.29) is 17.7 Å². The molecule has 7 heteroatoms. The number of benzene rings is 2. The highest BCUT2D eigenvalue weighted by molar-refractivity contribution is 5.98.